The van der Waals surface area contributed by atoms with Gasteiger partial charge in [0, 0.05) is 37.6 Å². The number of piperidine rings is 1. The van der Waals surface area contributed by atoms with Crippen molar-refractivity contribution in [2.24, 2.45) is 10.8 Å². The first-order chi connectivity index (χ1) is 14.0. The van der Waals surface area contributed by atoms with Crippen molar-refractivity contribution in [3.05, 3.63) is 23.5 Å². The van der Waals surface area contributed by atoms with E-state index in [1.807, 2.05) is 0 Å². The Morgan fingerprint density at radius 1 is 1.10 bits per heavy atom. The quantitative estimate of drug-likeness (QED) is 0.716. The van der Waals surface area contributed by atoms with Crippen molar-refractivity contribution in [2.45, 2.75) is 49.7 Å². The second-order valence-electron chi connectivity index (χ2n) is 9.64. The van der Waals surface area contributed by atoms with Crippen molar-refractivity contribution in [3.63, 3.8) is 0 Å². The molecule has 166 valence electrons. The zero-order valence-corrected chi connectivity index (χ0v) is 17.7. The molecule has 3 aliphatic heterocycles. The van der Waals surface area contributed by atoms with E-state index in [0.29, 0.717) is 24.5 Å². The van der Waals surface area contributed by atoms with Gasteiger partial charge in [0.05, 0.1) is 18.9 Å². The number of nitrogens with zero attached hydrogens (tertiary/aromatic N) is 3. The van der Waals surface area contributed by atoms with Gasteiger partial charge < -0.3 is 4.74 Å². The lowest BCUT2D eigenvalue weighted by Gasteiger charge is -2.63. The van der Waals surface area contributed by atoms with E-state index in [2.05, 4.69) is 9.88 Å². The van der Waals surface area contributed by atoms with Crippen LogP contribution in [0.1, 0.15) is 37.1 Å². The molecule has 0 atom stereocenters. The van der Waals surface area contributed by atoms with Gasteiger partial charge in [0.2, 0.25) is 10.0 Å². The highest BCUT2D eigenvalue weighted by molar-refractivity contribution is 7.89. The van der Waals surface area contributed by atoms with Gasteiger partial charge in [0.1, 0.15) is 10.6 Å². The van der Waals surface area contributed by atoms with Crippen molar-refractivity contribution < 1.29 is 26.3 Å². The standard InChI is InChI=1S/C20H26F3N3O3S/c1-14-16(2-3-17(24-14)20(21,22)23)30(27,28)26-6-4-18(5-7-26)8-15(9-18)25-10-19(11-25)12-29-13-19/h2-3,15H,4-13H2,1H3. The van der Waals surface area contributed by atoms with Crippen molar-refractivity contribution in [3.8, 4) is 0 Å². The van der Waals surface area contributed by atoms with Crippen molar-refractivity contribution in [2.75, 3.05) is 39.4 Å². The molecule has 3 saturated heterocycles. The van der Waals surface area contributed by atoms with Crippen LogP contribution in [0.3, 0.4) is 0 Å². The van der Waals surface area contributed by atoms with Gasteiger partial charge >= 0.3 is 6.18 Å². The maximum absolute atomic E-state index is 13.0. The van der Waals surface area contributed by atoms with Crippen LogP contribution in [0.5, 0.6) is 0 Å². The minimum absolute atomic E-state index is 0.111. The molecule has 5 rings (SSSR count). The van der Waals surface area contributed by atoms with Crippen molar-refractivity contribution >= 4 is 10.0 Å². The molecule has 1 aromatic heterocycles. The average Bonchev–Trinajstić information content (AvgIpc) is 2.57. The summed E-state index contributed by atoms with van der Waals surface area (Å²) in [5.74, 6) is 0. The molecule has 0 bridgehead atoms. The fourth-order valence-electron chi connectivity index (χ4n) is 5.57. The van der Waals surface area contributed by atoms with Gasteiger partial charge in [-0.1, -0.05) is 0 Å². The summed E-state index contributed by atoms with van der Waals surface area (Å²) in [4.78, 5) is 5.89. The minimum Gasteiger partial charge on any atom is -0.380 e. The molecule has 1 aliphatic carbocycles. The van der Waals surface area contributed by atoms with E-state index in [4.69, 9.17) is 4.74 Å². The van der Waals surface area contributed by atoms with Crippen LogP contribution >= 0.6 is 0 Å². The third-order valence-corrected chi connectivity index (χ3v) is 9.51. The molecule has 1 aromatic rings. The smallest absolute Gasteiger partial charge is 0.380 e. The molecular formula is C20H26F3N3O3S. The Morgan fingerprint density at radius 3 is 2.23 bits per heavy atom. The fourth-order valence-corrected chi connectivity index (χ4v) is 7.17. The third-order valence-electron chi connectivity index (χ3n) is 7.48. The Bertz CT molecular complexity index is 938. The summed E-state index contributed by atoms with van der Waals surface area (Å²) in [6, 6.07) is 2.38. The summed E-state index contributed by atoms with van der Waals surface area (Å²) in [6.07, 6.45) is -0.764. The highest BCUT2D eigenvalue weighted by Gasteiger charge is 2.56. The van der Waals surface area contributed by atoms with Crippen LogP contribution in [0, 0.1) is 17.8 Å². The number of hydrogen-bond donors (Lipinski definition) is 0. The van der Waals surface area contributed by atoms with Crippen LogP contribution in [0.25, 0.3) is 0 Å². The lowest BCUT2D eigenvalue weighted by molar-refractivity contribution is -0.215. The lowest BCUT2D eigenvalue weighted by atomic mass is 9.59. The average molecular weight is 446 g/mol. The molecule has 30 heavy (non-hydrogen) atoms. The van der Waals surface area contributed by atoms with E-state index < -0.39 is 21.9 Å². The SMILES string of the molecule is Cc1nc(C(F)(F)F)ccc1S(=O)(=O)N1CCC2(CC1)CC(N1CC3(COC3)C1)C2. The van der Waals surface area contributed by atoms with Crippen molar-refractivity contribution in [1.29, 1.82) is 0 Å². The number of aromatic nitrogens is 1. The van der Waals surface area contributed by atoms with E-state index in [9.17, 15) is 21.6 Å². The summed E-state index contributed by atoms with van der Waals surface area (Å²) in [5, 5.41) is 0. The fraction of sp³-hybridized carbons (Fsp3) is 0.750. The van der Waals surface area contributed by atoms with Gasteiger partial charge in [-0.05, 0) is 50.2 Å². The third kappa shape index (κ3) is 3.27. The van der Waals surface area contributed by atoms with Crippen molar-refractivity contribution in [1.82, 2.24) is 14.2 Å². The van der Waals surface area contributed by atoms with E-state index >= 15 is 0 Å². The van der Waals surface area contributed by atoms with Crippen LogP contribution in [0.2, 0.25) is 0 Å². The second-order valence-corrected chi connectivity index (χ2v) is 11.5. The molecule has 4 aliphatic rings. The number of ether oxygens (including phenoxy) is 1. The largest absolute Gasteiger partial charge is 0.433 e. The van der Waals surface area contributed by atoms with Gasteiger partial charge in [0.25, 0.3) is 0 Å². The Balaban J connectivity index is 1.19. The molecular weight excluding hydrogens is 419 g/mol. The Morgan fingerprint density at radius 2 is 1.73 bits per heavy atom. The molecule has 0 unspecified atom stereocenters. The first kappa shape index (κ1) is 20.7. The van der Waals surface area contributed by atoms with Crippen LogP contribution < -0.4 is 0 Å². The number of likely N-dealkylation sites (tertiary alicyclic amines) is 1. The van der Waals surface area contributed by atoms with Gasteiger partial charge in [-0.2, -0.15) is 17.5 Å². The molecule has 6 nitrogen and oxygen atoms in total. The lowest BCUT2D eigenvalue weighted by Crippen LogP contribution is -2.70. The zero-order chi connectivity index (χ0) is 21.4. The number of halogens is 3. The van der Waals surface area contributed by atoms with Gasteiger partial charge in [0.15, 0.2) is 0 Å². The molecule has 4 fully saturated rings. The minimum atomic E-state index is -4.59. The topological polar surface area (TPSA) is 62.7 Å². The summed E-state index contributed by atoms with van der Waals surface area (Å²) >= 11 is 0. The number of pyridine rings is 1. The molecule has 0 amide bonds. The zero-order valence-electron chi connectivity index (χ0n) is 16.9. The van der Waals surface area contributed by atoms with Gasteiger partial charge in [-0.3, -0.25) is 4.90 Å². The summed E-state index contributed by atoms with van der Waals surface area (Å²) in [5.41, 5.74) is -0.560. The maximum atomic E-state index is 13.0. The summed E-state index contributed by atoms with van der Waals surface area (Å²) < 4.78 is 71.3. The van der Waals surface area contributed by atoms with E-state index in [-0.39, 0.29) is 16.0 Å². The Kier molecular flexibility index (Phi) is 4.57. The Hall–Kier alpha value is -1.23. The molecule has 4 heterocycles. The van der Waals surface area contributed by atoms with Crippen LogP contribution in [0.4, 0.5) is 13.2 Å². The highest BCUT2D eigenvalue weighted by atomic mass is 32.2. The molecule has 0 aromatic carbocycles. The first-order valence-electron chi connectivity index (χ1n) is 10.4. The number of hydrogen-bond acceptors (Lipinski definition) is 5. The second kappa shape index (κ2) is 6.63. The van der Waals surface area contributed by atoms with E-state index in [0.717, 1.165) is 64.1 Å². The summed E-state index contributed by atoms with van der Waals surface area (Å²) in [7, 11) is -3.84. The number of alkyl halides is 3. The molecule has 1 saturated carbocycles. The predicted octanol–water partition coefficient (Wildman–Crippen LogP) is 2.67. The molecule has 10 heteroatoms. The first-order valence-corrected chi connectivity index (χ1v) is 11.8. The highest BCUT2D eigenvalue weighted by Crippen LogP contribution is 2.54. The van der Waals surface area contributed by atoms with Gasteiger partial charge in [-0.25, -0.2) is 13.4 Å². The number of rotatable bonds is 3. The molecule has 0 N–H and O–H groups in total. The molecule has 0 radical (unpaired) electrons. The van der Waals surface area contributed by atoms with Crippen LogP contribution in [-0.4, -0.2) is 68.0 Å². The summed E-state index contributed by atoms with van der Waals surface area (Å²) in [6.45, 7) is 6.14. The number of sulfonamides is 1. The van der Waals surface area contributed by atoms with E-state index in [1.54, 1.807) is 0 Å². The molecule has 2 spiro atoms. The predicted molar refractivity (Wildman–Crippen MR) is 102 cm³/mol. The van der Waals surface area contributed by atoms with Crippen LogP contribution in [-0.2, 0) is 20.9 Å². The normalized spacial score (nSPS) is 26.9. The monoisotopic (exact) mass is 445 g/mol. The van der Waals surface area contributed by atoms with Crippen LogP contribution in [0.15, 0.2) is 17.0 Å². The number of aryl methyl sites for hydroxylation is 1. The van der Waals surface area contributed by atoms with E-state index in [1.165, 1.54) is 11.2 Å². The maximum Gasteiger partial charge on any atom is 0.433 e. The Labute approximate surface area is 174 Å². The van der Waals surface area contributed by atoms with Gasteiger partial charge in [-0.15, -0.1) is 0 Å².